The normalized spacial score (nSPS) is 12.9. The number of amides is 4. The van der Waals surface area contributed by atoms with E-state index in [0.717, 1.165) is 89.4 Å². The lowest BCUT2D eigenvalue weighted by Gasteiger charge is -2.15. The summed E-state index contributed by atoms with van der Waals surface area (Å²) < 4.78 is 132. The van der Waals surface area contributed by atoms with E-state index in [1.165, 1.54) is 0 Å². The van der Waals surface area contributed by atoms with Gasteiger partial charge in [-0.1, -0.05) is 63.1 Å². The first-order valence-corrected chi connectivity index (χ1v) is 44.2. The van der Waals surface area contributed by atoms with Crippen LogP contribution in [0.5, 0.6) is 0 Å². The molecule has 1 aliphatic rings. The van der Waals surface area contributed by atoms with Crippen LogP contribution in [0.3, 0.4) is 0 Å². The number of aliphatic carboxylic acids is 2. The Balaban J connectivity index is 0.000000426. The van der Waals surface area contributed by atoms with Crippen molar-refractivity contribution in [2.45, 2.75) is 142 Å². The van der Waals surface area contributed by atoms with Crippen LogP contribution >= 0.6 is 0 Å². The molecule has 0 unspecified atom stereocenters. The van der Waals surface area contributed by atoms with Crippen molar-refractivity contribution in [1.82, 2.24) is 44.8 Å². The minimum atomic E-state index is -4.52. The number of Topliss-reactive ketones (excluding diaryl/α,β-unsaturated/α-hetero) is 1. The quantitative estimate of drug-likeness (QED) is 0.0148. The predicted molar refractivity (Wildman–Crippen MR) is 445 cm³/mol. The molecule has 4 amide bonds. The molecule has 0 aliphatic carbocycles. The number of fused-ring (bicyclic) bond motifs is 6. The Morgan fingerprint density at radius 1 is 0.451 bits per heavy atom. The number of aromatic nitrogens is 6. The van der Waals surface area contributed by atoms with Gasteiger partial charge in [0.2, 0.25) is 11.8 Å². The number of nitrogens with one attached hydrogen (secondary N) is 2. The Kier molecular flexibility index (Phi) is 51.0. The topological polar surface area (TPSA) is 573 Å². The molecule has 2 aromatic carbocycles. The number of hydroxylamine groups is 2. The minimum Gasteiger partial charge on any atom is -0.481 e. The molecule has 684 valence electrons. The van der Waals surface area contributed by atoms with Gasteiger partial charge in [0.15, 0.2) is 11.6 Å². The summed E-state index contributed by atoms with van der Waals surface area (Å²) in [5.74, 6) is -5.56. The summed E-state index contributed by atoms with van der Waals surface area (Å²) in [4.78, 5) is 115. The number of nitrogens with zero attached hydrogens (tertiary/aromatic N) is 7. The van der Waals surface area contributed by atoms with E-state index < -0.39 is 85.2 Å². The molecule has 1 aliphatic heterocycles. The molecule has 43 heteroatoms. The molecule has 4 aromatic heterocycles. The number of para-hydroxylation sites is 2. The first-order chi connectivity index (χ1) is 58.7. The number of carbonyl (C=O) groups is 8. The predicted octanol–water partition coefficient (Wildman–Crippen LogP) is 4.01. The number of nitrogen functional groups attached to an aromatic ring is 2. The summed E-state index contributed by atoms with van der Waals surface area (Å²) in [7, 11) is -8.82. The number of hydrogen-bond acceptors (Lipinski definition) is 32. The molecular formula is C79H122N12O29S2. The molecule has 12 N–H and O–H groups in total. The van der Waals surface area contributed by atoms with E-state index in [1.54, 1.807) is 0 Å². The summed E-state index contributed by atoms with van der Waals surface area (Å²) in [5, 5.41) is 24.6. The van der Waals surface area contributed by atoms with Gasteiger partial charge in [-0.3, -0.25) is 42.7 Å². The van der Waals surface area contributed by atoms with E-state index in [1.807, 2.05) is 48.5 Å². The number of imide groups is 1. The molecule has 2 atom stereocenters. The van der Waals surface area contributed by atoms with Crippen LogP contribution < -0.4 is 27.8 Å². The second-order valence-electron chi connectivity index (χ2n) is 27.7. The Labute approximate surface area is 709 Å². The number of aryl methyl sites for hydroxylation is 4. The molecule has 7 rings (SSSR count). The number of nitrogens with two attached hydrogens (primary N) is 3. The Hall–Kier alpha value is -8.74. The van der Waals surface area contributed by atoms with Gasteiger partial charge in [-0.05, 0) is 50.7 Å². The number of ether oxygens (including phenoxy) is 12. The molecule has 5 heterocycles. The molecule has 0 radical (unpaired) electrons. The third kappa shape index (κ3) is 42.6. The van der Waals surface area contributed by atoms with Gasteiger partial charge in [-0.2, -0.15) is 16.8 Å². The van der Waals surface area contributed by atoms with Gasteiger partial charge in [0.25, 0.3) is 32.1 Å². The zero-order chi connectivity index (χ0) is 88.8. The number of carboxylic acids is 2. The highest BCUT2D eigenvalue weighted by molar-refractivity contribution is 7.86. The maximum Gasteiger partial charge on any atom is 0.335 e. The first-order valence-electron chi connectivity index (χ1n) is 40.9. The van der Waals surface area contributed by atoms with Crippen LogP contribution in [0.1, 0.15) is 122 Å². The molecule has 1 fully saturated rings. The third-order valence-electron chi connectivity index (χ3n) is 17.9. The second kappa shape index (κ2) is 59.9. The molecule has 41 nitrogen and oxygen atoms in total. The number of imidazole rings is 2. The summed E-state index contributed by atoms with van der Waals surface area (Å²) in [6, 6.07) is 14.3. The van der Waals surface area contributed by atoms with Crippen LogP contribution in [0.15, 0.2) is 48.5 Å². The van der Waals surface area contributed by atoms with Gasteiger partial charge in [0.1, 0.15) is 34.5 Å². The van der Waals surface area contributed by atoms with Gasteiger partial charge in [0, 0.05) is 75.5 Å². The third-order valence-corrected chi connectivity index (χ3v) is 19.5. The van der Waals surface area contributed by atoms with E-state index in [-0.39, 0.29) is 96.9 Å². The number of hydrogen-bond donors (Lipinski definition) is 9. The highest BCUT2D eigenvalue weighted by atomic mass is 32.2. The largest absolute Gasteiger partial charge is 0.481 e. The SMILES string of the molecule is CCCCc1nc2c(N)nc3ccccc3c2n1CCCCNC(=O)[C@@H](CC(=O)CCOCCOCCOCCOCCOCCOCCOCCOCCOCCOCCOCCC(=O)O)CS(=O)(=O)O.CCCCc1nc2c(N)nc3ccccc3c2n1CCCCNC(=O)[C@@H](N)CS(=O)(=O)O.O=C(O)CCOCCC(=O)ON1C(=O)CCC1=O. The highest BCUT2D eigenvalue weighted by Crippen LogP contribution is 2.32. The van der Waals surface area contributed by atoms with Gasteiger partial charge in [0.05, 0.1) is 217 Å². The molecule has 0 spiro atoms. The number of carbonyl (C=O) groups excluding carboxylic acids is 6. The molecule has 1 saturated heterocycles. The Morgan fingerprint density at radius 3 is 1.15 bits per heavy atom. The fourth-order valence-corrected chi connectivity index (χ4v) is 13.2. The lowest BCUT2D eigenvalue weighted by atomic mass is 10.0. The van der Waals surface area contributed by atoms with Crippen LogP contribution in [-0.4, -0.2) is 307 Å². The number of carboxylic acid groups (broad SMARTS) is 2. The maximum atomic E-state index is 13.0. The molecule has 0 bridgehead atoms. The average Bonchev–Trinajstić information content (AvgIpc) is 1.60. The van der Waals surface area contributed by atoms with Crippen molar-refractivity contribution in [3.63, 3.8) is 0 Å². The van der Waals surface area contributed by atoms with Crippen LogP contribution in [0, 0.1) is 5.92 Å². The zero-order valence-electron chi connectivity index (χ0n) is 69.7. The van der Waals surface area contributed by atoms with Crippen molar-refractivity contribution in [1.29, 1.82) is 0 Å². The van der Waals surface area contributed by atoms with Crippen molar-refractivity contribution in [2.75, 3.05) is 195 Å². The zero-order valence-corrected chi connectivity index (χ0v) is 71.3. The maximum absolute atomic E-state index is 13.0. The van der Waals surface area contributed by atoms with Gasteiger partial charge >= 0.3 is 17.9 Å². The minimum absolute atomic E-state index is 0.00973. The van der Waals surface area contributed by atoms with Crippen molar-refractivity contribution in [3.05, 3.63) is 60.2 Å². The van der Waals surface area contributed by atoms with Gasteiger partial charge in [-0.15, -0.1) is 5.06 Å². The summed E-state index contributed by atoms with van der Waals surface area (Å²) >= 11 is 0. The summed E-state index contributed by atoms with van der Waals surface area (Å²) in [5.41, 5.74) is 22.9. The smallest absolute Gasteiger partial charge is 0.335 e. The van der Waals surface area contributed by atoms with Crippen molar-refractivity contribution in [3.8, 4) is 0 Å². The van der Waals surface area contributed by atoms with Gasteiger partial charge in [-0.25, -0.2) is 24.7 Å². The van der Waals surface area contributed by atoms with Gasteiger partial charge < -0.3 is 109 Å². The molecule has 0 saturated carbocycles. The van der Waals surface area contributed by atoms with E-state index in [2.05, 4.69) is 48.4 Å². The summed E-state index contributed by atoms with van der Waals surface area (Å²) in [6.07, 6.45) is 7.69. The van der Waals surface area contributed by atoms with E-state index >= 15 is 0 Å². The number of ketones is 1. The molecule has 6 aromatic rings. The number of anilines is 2. The van der Waals surface area contributed by atoms with E-state index in [4.69, 9.17) is 98.8 Å². The monoisotopic (exact) mass is 1770 g/mol. The van der Waals surface area contributed by atoms with Crippen LogP contribution in [0.2, 0.25) is 0 Å². The number of benzene rings is 2. The highest BCUT2D eigenvalue weighted by Gasteiger charge is 2.33. The van der Waals surface area contributed by atoms with Crippen molar-refractivity contribution < 1.29 is 136 Å². The van der Waals surface area contributed by atoms with Crippen LogP contribution in [0.25, 0.3) is 43.9 Å². The average molecular weight is 1770 g/mol. The fourth-order valence-electron chi connectivity index (χ4n) is 11.9. The number of unbranched alkanes of at least 4 members (excludes halogenated alkanes) is 4. The van der Waals surface area contributed by atoms with Crippen molar-refractivity contribution in [2.24, 2.45) is 11.7 Å². The Morgan fingerprint density at radius 2 is 0.787 bits per heavy atom. The number of rotatable bonds is 67. The summed E-state index contributed by atoms with van der Waals surface area (Å²) in [6.45, 7) is 14.4. The van der Waals surface area contributed by atoms with Crippen LogP contribution in [-0.2, 0) is 146 Å². The van der Waals surface area contributed by atoms with E-state index in [9.17, 15) is 59.7 Å². The molecular weight excluding hydrogens is 1650 g/mol. The second-order valence-corrected chi connectivity index (χ2v) is 30.7. The standard InChI is InChI=1S/C48H79N5O18S.C21H30N6O4S.C10H13NO7/c1-2-3-10-43-52-45-46(41-8-4-5-9-42(41)51-47(45)49)53(43)14-7-6-13-50-48(57)39(38-72(58,59)60)37-40(54)11-15-61-17-19-63-21-23-65-25-27-67-29-31-69-33-35-71-36-34-70-32-30-68-28-26-66-24-22-64-20-18-62-16-12-44(55)56;1-2-3-10-17-26-18-19(14-8-4-5-9-16(14)25-20(18)23)27(17)12-7-6-11-24-21(28)15(22)13-32(29,30)31;12-7-1-2-8(13)11(7)18-10(16)4-6-17-5-3-9(14)15/h4-5,8-9,39H,2-3,6-7,10-38H2,1H3,(H2,49,51)(H,50,57)(H,55,56)(H,58,59,60);4-5,8-9,15H,2-3,6-7,10-13,22H2,1H3,(H2,23,25)(H,24,28)(H,29,30,31);1-6H2,(H,14,15)/t39-;15-;/m00./s1. The first kappa shape index (κ1) is 104. The number of pyridine rings is 2. The van der Waals surface area contributed by atoms with Crippen molar-refractivity contribution >= 4 is 123 Å². The van der Waals surface area contributed by atoms with Crippen LogP contribution in [0.4, 0.5) is 11.6 Å². The Bertz CT molecular complexity index is 4370. The lowest BCUT2D eigenvalue weighted by Crippen LogP contribution is -2.45. The lowest BCUT2D eigenvalue weighted by molar-refractivity contribution is -0.198. The molecule has 122 heavy (non-hydrogen) atoms. The fraction of sp³-hybridized carbons (Fsp3) is 0.646. The van der Waals surface area contributed by atoms with E-state index in [0.29, 0.717) is 186 Å².